The molecular formula is C23H32N6O5. The molecule has 3 rings (SSSR count). The van der Waals surface area contributed by atoms with E-state index in [1.807, 2.05) is 19.1 Å². The van der Waals surface area contributed by atoms with E-state index in [4.69, 9.17) is 10.00 Å². The molecule has 3 N–H and O–H groups in total. The van der Waals surface area contributed by atoms with Crippen LogP contribution in [0.3, 0.4) is 0 Å². The molecule has 11 heteroatoms. The van der Waals surface area contributed by atoms with Crippen LogP contribution in [0.5, 0.6) is 0 Å². The average molecular weight is 473 g/mol. The lowest BCUT2D eigenvalue weighted by molar-refractivity contribution is -0.146. The number of nitriles is 1. The number of aryl methyl sites for hydroxylation is 1. The molecular weight excluding hydrogens is 440 g/mol. The Hall–Kier alpha value is -3.20. The van der Waals surface area contributed by atoms with Gasteiger partial charge >= 0.3 is 0 Å². The molecule has 184 valence electrons. The van der Waals surface area contributed by atoms with Crippen molar-refractivity contribution in [3.63, 3.8) is 0 Å². The lowest BCUT2D eigenvalue weighted by Gasteiger charge is -2.42. The molecule has 2 saturated heterocycles. The van der Waals surface area contributed by atoms with Gasteiger partial charge in [0.25, 0.3) is 0 Å². The molecule has 3 atom stereocenters. The number of nitrogens with zero attached hydrogens (tertiary/aromatic N) is 4. The number of carbonyl (C=O) groups excluding carboxylic acids is 3. The van der Waals surface area contributed by atoms with Gasteiger partial charge in [-0.15, -0.1) is 0 Å². The van der Waals surface area contributed by atoms with Crippen molar-refractivity contribution in [1.82, 2.24) is 20.6 Å². The van der Waals surface area contributed by atoms with Crippen LogP contribution in [-0.2, 0) is 19.1 Å². The first kappa shape index (κ1) is 25.4. The molecule has 2 heterocycles. The van der Waals surface area contributed by atoms with E-state index in [1.54, 1.807) is 23.5 Å². The molecule has 11 nitrogen and oxygen atoms in total. The third kappa shape index (κ3) is 5.47. The molecule has 1 aromatic rings. The van der Waals surface area contributed by atoms with Crippen LogP contribution in [0.4, 0.5) is 5.69 Å². The number of carbonyl (C=O) groups is 3. The predicted molar refractivity (Wildman–Crippen MR) is 123 cm³/mol. The Kier molecular flexibility index (Phi) is 8.44. The zero-order chi connectivity index (χ0) is 24.8. The van der Waals surface area contributed by atoms with Crippen molar-refractivity contribution in [1.29, 1.82) is 5.26 Å². The number of anilines is 1. The summed E-state index contributed by atoms with van der Waals surface area (Å²) in [5.41, 5.74) is 4.32. The Morgan fingerprint density at radius 3 is 2.59 bits per heavy atom. The summed E-state index contributed by atoms with van der Waals surface area (Å²) in [7, 11) is 3.07. The molecule has 2 fully saturated rings. The van der Waals surface area contributed by atoms with E-state index < -0.39 is 17.9 Å². The van der Waals surface area contributed by atoms with Crippen molar-refractivity contribution in [3.05, 3.63) is 29.3 Å². The van der Waals surface area contributed by atoms with Crippen LogP contribution in [0.1, 0.15) is 17.5 Å². The molecule has 2 aliphatic rings. The van der Waals surface area contributed by atoms with Crippen molar-refractivity contribution in [2.75, 3.05) is 58.4 Å². The van der Waals surface area contributed by atoms with Gasteiger partial charge in [0.2, 0.25) is 17.7 Å². The van der Waals surface area contributed by atoms with Gasteiger partial charge < -0.3 is 24.8 Å². The van der Waals surface area contributed by atoms with Gasteiger partial charge in [-0.3, -0.25) is 19.6 Å². The van der Waals surface area contributed by atoms with E-state index in [2.05, 4.69) is 16.3 Å². The number of hydrogen-bond acceptors (Lipinski definition) is 8. The van der Waals surface area contributed by atoms with Crippen molar-refractivity contribution < 1.29 is 24.3 Å². The van der Waals surface area contributed by atoms with Crippen LogP contribution >= 0.6 is 0 Å². The number of nitrogens with one attached hydrogen (secondary N) is 2. The topological polar surface area (TPSA) is 138 Å². The minimum atomic E-state index is -0.826. The summed E-state index contributed by atoms with van der Waals surface area (Å²) >= 11 is 0. The summed E-state index contributed by atoms with van der Waals surface area (Å²) in [5, 5.41) is 21.5. The largest absolute Gasteiger partial charge is 0.375 e. The van der Waals surface area contributed by atoms with Gasteiger partial charge in [-0.2, -0.15) is 5.26 Å². The molecule has 2 aliphatic heterocycles. The second kappa shape index (κ2) is 11.3. The second-order valence-corrected chi connectivity index (χ2v) is 8.72. The number of ether oxygens (including phenoxy) is 1. The molecule has 0 spiro atoms. The fourth-order valence-corrected chi connectivity index (χ4v) is 4.69. The Morgan fingerprint density at radius 2 is 2.00 bits per heavy atom. The number of piperidine rings is 1. The lowest BCUT2D eigenvalue weighted by atomic mass is 9.86. The minimum Gasteiger partial charge on any atom is -0.375 e. The molecule has 0 unspecified atom stereocenters. The number of benzene rings is 1. The number of rotatable bonds is 6. The van der Waals surface area contributed by atoms with Crippen LogP contribution in [-0.4, -0.2) is 98.3 Å². The molecule has 0 saturated carbocycles. The van der Waals surface area contributed by atoms with Crippen molar-refractivity contribution in [2.45, 2.75) is 25.4 Å². The summed E-state index contributed by atoms with van der Waals surface area (Å²) in [5.74, 6) is -1.91. The van der Waals surface area contributed by atoms with E-state index in [0.717, 1.165) is 11.3 Å². The zero-order valence-electron chi connectivity index (χ0n) is 19.8. The van der Waals surface area contributed by atoms with E-state index in [9.17, 15) is 19.6 Å². The third-order valence-electron chi connectivity index (χ3n) is 6.68. The maximum absolute atomic E-state index is 13.3. The maximum atomic E-state index is 13.3. The highest BCUT2D eigenvalue weighted by Crippen LogP contribution is 2.25. The molecule has 0 bridgehead atoms. The first-order valence-corrected chi connectivity index (χ1v) is 11.3. The smallest absolute Gasteiger partial charge is 0.248 e. The summed E-state index contributed by atoms with van der Waals surface area (Å²) in [4.78, 5) is 43.4. The van der Waals surface area contributed by atoms with Gasteiger partial charge in [0, 0.05) is 58.6 Å². The van der Waals surface area contributed by atoms with Gasteiger partial charge in [-0.25, -0.2) is 5.48 Å². The Bertz CT molecular complexity index is 956. The average Bonchev–Trinajstić information content (AvgIpc) is 2.87. The number of methoxy groups -OCH3 is 1. The van der Waals surface area contributed by atoms with E-state index in [-0.39, 0.29) is 30.9 Å². The quantitative estimate of drug-likeness (QED) is 0.371. The number of hydrogen-bond donors (Lipinski definition) is 3. The van der Waals surface area contributed by atoms with Crippen LogP contribution < -0.4 is 15.7 Å². The van der Waals surface area contributed by atoms with Crippen LogP contribution in [0.2, 0.25) is 0 Å². The van der Waals surface area contributed by atoms with Crippen LogP contribution in [0.15, 0.2) is 18.2 Å². The Labute approximate surface area is 199 Å². The van der Waals surface area contributed by atoms with Crippen molar-refractivity contribution in [3.8, 4) is 6.07 Å². The normalized spacial score (nSPS) is 22.6. The molecule has 0 aliphatic carbocycles. The van der Waals surface area contributed by atoms with E-state index in [1.165, 1.54) is 12.0 Å². The maximum Gasteiger partial charge on any atom is 0.248 e. The zero-order valence-corrected chi connectivity index (χ0v) is 19.8. The molecule has 34 heavy (non-hydrogen) atoms. The van der Waals surface area contributed by atoms with Gasteiger partial charge in [0.15, 0.2) is 0 Å². The highest BCUT2D eigenvalue weighted by atomic mass is 16.5. The third-order valence-corrected chi connectivity index (χ3v) is 6.68. The van der Waals surface area contributed by atoms with E-state index >= 15 is 0 Å². The standard InChI is InChI=1S/C23H32N6O5/c1-15-10-16(12-24)4-5-19(15)28-6-8-29(9-7-28)23(32)21-18(22(31)26-33)11-17(13-25-21)27(2)20(30)14-34-3/h4-5,10,17-18,21,25,33H,6-9,11,13-14H2,1-3H3,(H,26,31)/t17-,18-,21-/m1/s1. The number of likely N-dealkylation sites (N-methyl/N-ethyl adjacent to an activating group) is 1. The summed E-state index contributed by atoms with van der Waals surface area (Å²) in [6.45, 7) is 4.46. The molecule has 0 aromatic heterocycles. The highest BCUT2D eigenvalue weighted by molar-refractivity contribution is 5.90. The highest BCUT2D eigenvalue weighted by Gasteiger charge is 2.43. The molecule has 3 amide bonds. The lowest BCUT2D eigenvalue weighted by Crippen LogP contribution is -2.63. The number of hydroxylamine groups is 1. The summed E-state index contributed by atoms with van der Waals surface area (Å²) in [6.07, 6.45) is 0.242. The van der Waals surface area contributed by atoms with Gasteiger partial charge in [-0.05, 0) is 37.1 Å². The first-order chi connectivity index (χ1) is 16.3. The fraction of sp³-hybridized carbons (Fsp3) is 0.565. The van der Waals surface area contributed by atoms with Gasteiger partial charge in [0.05, 0.1) is 23.6 Å². The van der Waals surface area contributed by atoms with Crippen molar-refractivity contribution in [2.24, 2.45) is 5.92 Å². The Morgan fingerprint density at radius 1 is 1.29 bits per heavy atom. The van der Waals surface area contributed by atoms with E-state index in [0.29, 0.717) is 38.3 Å². The summed E-state index contributed by atoms with van der Waals surface area (Å²) < 4.78 is 4.90. The fourth-order valence-electron chi connectivity index (χ4n) is 4.69. The van der Waals surface area contributed by atoms with Gasteiger partial charge in [0.1, 0.15) is 6.61 Å². The second-order valence-electron chi connectivity index (χ2n) is 8.72. The minimum absolute atomic E-state index is 0.0742. The summed E-state index contributed by atoms with van der Waals surface area (Å²) in [6, 6.07) is 6.59. The SMILES string of the molecule is COCC(=O)N(C)[C@H]1CN[C@@H](C(=O)N2CCN(c3ccc(C#N)cc3C)CC2)[C@H](C(=O)NO)C1. The number of piperazine rings is 1. The monoisotopic (exact) mass is 472 g/mol. The van der Waals surface area contributed by atoms with Crippen LogP contribution in [0.25, 0.3) is 0 Å². The predicted octanol–water partition coefficient (Wildman–Crippen LogP) is -0.528. The van der Waals surface area contributed by atoms with Crippen molar-refractivity contribution >= 4 is 23.4 Å². The number of amides is 3. The first-order valence-electron chi connectivity index (χ1n) is 11.3. The Balaban J connectivity index is 1.65. The molecule has 1 aromatic carbocycles. The molecule has 0 radical (unpaired) electrons. The van der Waals surface area contributed by atoms with Crippen LogP contribution in [0, 0.1) is 24.2 Å². The van der Waals surface area contributed by atoms with Gasteiger partial charge in [-0.1, -0.05) is 0 Å².